The van der Waals surface area contributed by atoms with Crippen molar-refractivity contribution in [2.24, 2.45) is 11.1 Å². The maximum atomic E-state index is 11.9. The highest BCUT2D eigenvalue weighted by atomic mass is 16.5. The van der Waals surface area contributed by atoms with E-state index in [2.05, 4.69) is 5.32 Å². The fraction of sp³-hybridized carbons (Fsp3) is 0.385. The van der Waals surface area contributed by atoms with Crippen molar-refractivity contribution in [1.82, 2.24) is 0 Å². The van der Waals surface area contributed by atoms with Gasteiger partial charge in [-0.05, 0) is 12.1 Å². The molecule has 1 aromatic rings. The molecule has 0 saturated heterocycles. The van der Waals surface area contributed by atoms with E-state index in [9.17, 15) is 9.59 Å². The normalized spacial score (nSPS) is 10.9. The van der Waals surface area contributed by atoms with Crippen LogP contribution in [0, 0.1) is 5.41 Å². The first-order valence-corrected chi connectivity index (χ1v) is 5.55. The van der Waals surface area contributed by atoms with E-state index >= 15 is 0 Å². The van der Waals surface area contributed by atoms with Crippen LogP contribution in [0.1, 0.15) is 31.1 Å². The Labute approximate surface area is 106 Å². The predicted octanol–water partition coefficient (Wildman–Crippen LogP) is 1.78. The molecule has 5 nitrogen and oxygen atoms in total. The minimum Gasteiger partial charge on any atom is -0.496 e. The molecule has 0 atom stereocenters. The van der Waals surface area contributed by atoms with E-state index in [0.29, 0.717) is 11.4 Å². The van der Waals surface area contributed by atoms with Gasteiger partial charge in [-0.1, -0.05) is 26.8 Å². The van der Waals surface area contributed by atoms with Crippen LogP contribution in [-0.2, 0) is 4.79 Å². The topological polar surface area (TPSA) is 81.4 Å². The monoisotopic (exact) mass is 250 g/mol. The average molecular weight is 250 g/mol. The Bertz CT molecular complexity index is 476. The van der Waals surface area contributed by atoms with Crippen LogP contribution < -0.4 is 15.8 Å². The molecule has 0 aliphatic rings. The molecule has 0 spiro atoms. The van der Waals surface area contributed by atoms with E-state index in [4.69, 9.17) is 10.5 Å². The molecule has 0 fully saturated rings. The Hall–Kier alpha value is -2.04. The third-order valence-corrected chi connectivity index (χ3v) is 2.42. The summed E-state index contributed by atoms with van der Waals surface area (Å²) >= 11 is 0. The van der Waals surface area contributed by atoms with E-state index in [1.165, 1.54) is 7.11 Å². The number of carbonyl (C=O) groups excluding carboxylic acids is 2. The molecule has 0 bridgehead atoms. The quantitative estimate of drug-likeness (QED) is 0.857. The molecule has 0 aliphatic heterocycles. The van der Waals surface area contributed by atoms with E-state index in [1.54, 1.807) is 39.0 Å². The Morgan fingerprint density at radius 3 is 2.33 bits per heavy atom. The van der Waals surface area contributed by atoms with Crippen LogP contribution in [0.3, 0.4) is 0 Å². The van der Waals surface area contributed by atoms with Gasteiger partial charge in [0.05, 0.1) is 12.8 Å². The van der Waals surface area contributed by atoms with Gasteiger partial charge < -0.3 is 15.8 Å². The zero-order valence-electron chi connectivity index (χ0n) is 11.0. The number of anilines is 1. The number of ether oxygens (including phenoxy) is 1. The third kappa shape index (κ3) is 3.00. The van der Waals surface area contributed by atoms with Crippen molar-refractivity contribution in [2.45, 2.75) is 20.8 Å². The smallest absolute Gasteiger partial charge is 0.254 e. The summed E-state index contributed by atoms with van der Waals surface area (Å²) < 4.78 is 5.06. The van der Waals surface area contributed by atoms with Gasteiger partial charge in [-0.3, -0.25) is 9.59 Å². The van der Waals surface area contributed by atoms with Gasteiger partial charge >= 0.3 is 0 Å². The second-order valence-corrected chi connectivity index (χ2v) is 4.95. The standard InChI is InChI=1S/C13H18N2O3/c1-13(2,3)12(17)15-8-6-5-7-9(18-4)10(8)11(14)16/h5-7H,1-4H3,(H2,14,16)(H,15,17). The second-order valence-electron chi connectivity index (χ2n) is 4.95. The summed E-state index contributed by atoms with van der Waals surface area (Å²) in [7, 11) is 1.44. The van der Waals surface area contributed by atoms with Gasteiger partial charge in [0, 0.05) is 5.41 Å². The van der Waals surface area contributed by atoms with Gasteiger partial charge in [-0.15, -0.1) is 0 Å². The van der Waals surface area contributed by atoms with Crippen LogP contribution in [0.4, 0.5) is 5.69 Å². The first-order valence-electron chi connectivity index (χ1n) is 5.55. The summed E-state index contributed by atoms with van der Waals surface area (Å²) in [6.07, 6.45) is 0. The molecule has 5 heteroatoms. The lowest BCUT2D eigenvalue weighted by atomic mass is 9.95. The number of rotatable bonds is 3. The highest BCUT2D eigenvalue weighted by Gasteiger charge is 2.23. The Morgan fingerprint density at radius 2 is 1.89 bits per heavy atom. The fourth-order valence-electron chi connectivity index (χ4n) is 1.37. The molecule has 0 heterocycles. The van der Waals surface area contributed by atoms with E-state index in [0.717, 1.165) is 0 Å². The number of methoxy groups -OCH3 is 1. The molecular weight excluding hydrogens is 232 g/mol. The van der Waals surface area contributed by atoms with Gasteiger partial charge in [0.15, 0.2) is 0 Å². The fourth-order valence-corrected chi connectivity index (χ4v) is 1.37. The summed E-state index contributed by atoms with van der Waals surface area (Å²) in [4.78, 5) is 23.3. The number of hydrogen-bond donors (Lipinski definition) is 2. The lowest BCUT2D eigenvalue weighted by Gasteiger charge is -2.19. The molecule has 2 amide bonds. The lowest BCUT2D eigenvalue weighted by Crippen LogP contribution is -2.29. The molecule has 0 aliphatic carbocycles. The van der Waals surface area contributed by atoms with Crippen molar-refractivity contribution in [1.29, 1.82) is 0 Å². The van der Waals surface area contributed by atoms with E-state index < -0.39 is 11.3 Å². The van der Waals surface area contributed by atoms with Crippen LogP contribution in [0.5, 0.6) is 5.75 Å². The Kier molecular flexibility index (Phi) is 3.96. The summed E-state index contributed by atoms with van der Waals surface area (Å²) in [6.45, 7) is 5.35. The molecule has 18 heavy (non-hydrogen) atoms. The van der Waals surface area contributed by atoms with E-state index in [1.807, 2.05) is 0 Å². The van der Waals surface area contributed by atoms with Crippen molar-refractivity contribution in [3.8, 4) is 5.75 Å². The van der Waals surface area contributed by atoms with Gasteiger partial charge in [0.25, 0.3) is 5.91 Å². The van der Waals surface area contributed by atoms with Gasteiger partial charge in [-0.25, -0.2) is 0 Å². The highest BCUT2D eigenvalue weighted by molar-refractivity contribution is 6.06. The third-order valence-electron chi connectivity index (χ3n) is 2.42. The zero-order valence-corrected chi connectivity index (χ0v) is 11.0. The van der Waals surface area contributed by atoms with Crippen LogP contribution >= 0.6 is 0 Å². The van der Waals surface area contributed by atoms with Crippen LogP contribution in [0.25, 0.3) is 0 Å². The number of primary amides is 1. The summed E-state index contributed by atoms with van der Waals surface area (Å²) in [5, 5.41) is 2.69. The number of benzene rings is 1. The summed E-state index contributed by atoms with van der Waals surface area (Å²) in [6, 6.07) is 4.92. The van der Waals surface area contributed by atoms with Crippen LogP contribution in [0.2, 0.25) is 0 Å². The molecule has 0 radical (unpaired) electrons. The zero-order chi connectivity index (χ0) is 13.9. The van der Waals surface area contributed by atoms with Gasteiger partial charge in [0.1, 0.15) is 11.3 Å². The number of hydrogen-bond acceptors (Lipinski definition) is 3. The van der Waals surface area contributed by atoms with Crippen molar-refractivity contribution in [2.75, 3.05) is 12.4 Å². The molecule has 0 aromatic heterocycles. The second kappa shape index (κ2) is 5.08. The maximum Gasteiger partial charge on any atom is 0.254 e. The van der Waals surface area contributed by atoms with Crippen LogP contribution in [-0.4, -0.2) is 18.9 Å². The number of nitrogens with two attached hydrogens (primary N) is 1. The summed E-state index contributed by atoms with van der Waals surface area (Å²) in [5.74, 6) is -0.496. The SMILES string of the molecule is COc1cccc(NC(=O)C(C)(C)C)c1C(N)=O. The van der Waals surface area contributed by atoms with Gasteiger partial charge in [0.2, 0.25) is 5.91 Å². The van der Waals surface area contributed by atoms with Gasteiger partial charge in [-0.2, -0.15) is 0 Å². The van der Waals surface area contributed by atoms with Crippen LogP contribution in [0.15, 0.2) is 18.2 Å². The number of carbonyl (C=O) groups is 2. The first kappa shape index (κ1) is 14.0. The van der Waals surface area contributed by atoms with Crippen molar-refractivity contribution in [3.63, 3.8) is 0 Å². The molecule has 3 N–H and O–H groups in total. The van der Waals surface area contributed by atoms with Crippen molar-refractivity contribution >= 4 is 17.5 Å². The molecular formula is C13H18N2O3. The van der Waals surface area contributed by atoms with Crippen molar-refractivity contribution in [3.05, 3.63) is 23.8 Å². The van der Waals surface area contributed by atoms with E-state index in [-0.39, 0.29) is 11.5 Å². The first-order chi connectivity index (χ1) is 8.27. The largest absolute Gasteiger partial charge is 0.496 e. The molecule has 1 rings (SSSR count). The molecule has 0 saturated carbocycles. The average Bonchev–Trinajstić information content (AvgIpc) is 2.26. The van der Waals surface area contributed by atoms with Crippen molar-refractivity contribution < 1.29 is 14.3 Å². The number of amides is 2. The minimum absolute atomic E-state index is 0.178. The summed E-state index contributed by atoms with van der Waals surface area (Å²) in [5.41, 5.74) is 5.29. The maximum absolute atomic E-state index is 11.9. The molecule has 98 valence electrons. The predicted molar refractivity (Wildman–Crippen MR) is 69.6 cm³/mol. The Balaban J connectivity index is 3.17. The number of nitrogens with one attached hydrogen (secondary N) is 1. The lowest BCUT2D eigenvalue weighted by molar-refractivity contribution is -0.123. The highest BCUT2D eigenvalue weighted by Crippen LogP contribution is 2.27. The molecule has 1 aromatic carbocycles. The Morgan fingerprint density at radius 1 is 1.28 bits per heavy atom. The minimum atomic E-state index is -0.642. The molecule has 0 unspecified atom stereocenters.